The Morgan fingerprint density at radius 1 is 1.15 bits per heavy atom. The number of ether oxygens (including phenoxy) is 1. The summed E-state index contributed by atoms with van der Waals surface area (Å²) in [5.74, 6) is 0.0153. The van der Waals surface area contributed by atoms with Crippen molar-refractivity contribution in [3.05, 3.63) is 59.0 Å². The molecule has 0 bridgehead atoms. The van der Waals surface area contributed by atoms with Crippen molar-refractivity contribution in [2.45, 2.75) is 88.4 Å². The third kappa shape index (κ3) is 9.36. The van der Waals surface area contributed by atoms with Crippen LogP contribution < -0.4 is 14.8 Å². The second-order valence-electron chi connectivity index (χ2n) is 12.9. The largest absolute Gasteiger partial charge is 0.477 e. The quantitative estimate of drug-likeness (QED) is 0.144. The number of carbonyl (C=O) groups excluding carboxylic acids is 1. The van der Waals surface area contributed by atoms with Gasteiger partial charge in [0.15, 0.2) is 10.8 Å². The maximum absolute atomic E-state index is 13.1. The minimum absolute atomic E-state index is 0. The summed E-state index contributed by atoms with van der Waals surface area (Å²) in [6, 6.07) is 7.21. The Kier molecular flexibility index (Phi) is 11.5. The molecule has 1 unspecified atom stereocenters. The predicted molar refractivity (Wildman–Crippen MR) is 173 cm³/mol. The molecule has 1 aliphatic carbocycles. The lowest BCUT2D eigenvalue weighted by atomic mass is 9.92. The van der Waals surface area contributed by atoms with Crippen LogP contribution in [0.25, 0.3) is 5.82 Å². The average Bonchev–Trinajstić information content (AvgIpc) is 3.51. The molecule has 3 aromatic heterocycles. The van der Waals surface area contributed by atoms with E-state index in [-0.39, 0.29) is 71.3 Å². The third-order valence-electron chi connectivity index (χ3n) is 8.71. The van der Waals surface area contributed by atoms with E-state index in [9.17, 15) is 26.4 Å². The molecule has 0 aromatic carbocycles. The predicted octanol–water partition coefficient (Wildman–Crippen LogP) is 6.46. The first-order valence-corrected chi connectivity index (χ1v) is 17.2. The van der Waals surface area contributed by atoms with E-state index in [0.29, 0.717) is 5.92 Å². The summed E-state index contributed by atoms with van der Waals surface area (Å²) >= 11 is 6.22. The molecule has 1 saturated heterocycles. The number of carbonyl (C=O) groups is 1. The first-order valence-electron chi connectivity index (χ1n) is 15.4. The molecule has 5 rings (SSSR count). The molecule has 2 aliphatic rings. The minimum atomic E-state index is -4.28. The average molecular weight is 720 g/mol. The highest BCUT2D eigenvalue weighted by Gasteiger charge is 2.62. The number of hydrogen-bond donors (Lipinski definition) is 2. The molecule has 258 valence electrons. The maximum Gasteiger partial charge on any atom is 0.394 e. The summed E-state index contributed by atoms with van der Waals surface area (Å²) < 4.78 is 73.7. The van der Waals surface area contributed by atoms with E-state index in [4.69, 9.17) is 16.3 Å². The van der Waals surface area contributed by atoms with Gasteiger partial charge in [0.2, 0.25) is 5.88 Å². The fourth-order valence-corrected chi connectivity index (χ4v) is 6.92. The molecule has 1 atom stereocenters. The number of halogens is 5. The number of alkyl halides is 3. The van der Waals surface area contributed by atoms with Crippen molar-refractivity contribution in [3.63, 3.8) is 0 Å². The van der Waals surface area contributed by atoms with E-state index >= 15 is 0 Å². The normalized spacial score (nSPS) is 18.4. The van der Waals surface area contributed by atoms with Crippen LogP contribution in [0.15, 0.2) is 47.8 Å². The molecule has 10 nitrogen and oxygen atoms in total. The number of amides is 1. The summed E-state index contributed by atoms with van der Waals surface area (Å²) in [5, 5.41) is 7.12. The molecule has 0 radical (unpaired) electrons. The second-order valence-corrected chi connectivity index (χ2v) is 14.8. The van der Waals surface area contributed by atoms with Gasteiger partial charge < -0.3 is 10.1 Å². The lowest BCUT2D eigenvalue weighted by molar-refractivity contribution is -0.190. The molecule has 2 fully saturated rings. The van der Waals surface area contributed by atoms with E-state index in [0.717, 1.165) is 37.8 Å². The van der Waals surface area contributed by atoms with E-state index in [2.05, 4.69) is 34.2 Å². The van der Waals surface area contributed by atoms with Crippen molar-refractivity contribution < 1.29 is 31.1 Å². The van der Waals surface area contributed by atoms with Crippen molar-refractivity contribution >= 4 is 39.9 Å². The highest BCUT2D eigenvalue weighted by molar-refractivity contribution is 7.90. The summed E-state index contributed by atoms with van der Waals surface area (Å²) in [7, 11) is -4.28. The van der Waals surface area contributed by atoms with Crippen LogP contribution in [-0.2, 0) is 16.4 Å². The standard InChI is InChI=1S/C31H38ClF3N6O4S.ClH/c1-29(2)18-22(20-37-29)7-5-3-4-6-21-8-11-26(36-19-21)46(43,44)40-28(42)23-9-10-24(38-27(23)32)41-16-12-25(39-41)45-17-15-30(13-14-30)31(33,34)35;/h8-12,16,19,22,37H,3-7,13-15,17-18,20H2,1-2H3,(H,40,42);1H. The number of aromatic nitrogens is 4. The van der Waals surface area contributed by atoms with Crippen LogP contribution in [0.3, 0.4) is 0 Å². The van der Waals surface area contributed by atoms with E-state index in [1.54, 1.807) is 6.07 Å². The number of nitrogens with zero attached hydrogens (tertiary/aromatic N) is 4. The lowest BCUT2D eigenvalue weighted by Crippen LogP contribution is -2.31. The monoisotopic (exact) mass is 718 g/mol. The number of nitrogens with one attached hydrogen (secondary N) is 2. The van der Waals surface area contributed by atoms with Gasteiger partial charge in [-0.25, -0.2) is 19.4 Å². The fourth-order valence-electron chi connectivity index (χ4n) is 5.79. The van der Waals surface area contributed by atoms with Crippen LogP contribution in [0.2, 0.25) is 5.15 Å². The molecule has 0 spiro atoms. The van der Waals surface area contributed by atoms with Gasteiger partial charge in [-0.3, -0.25) is 4.79 Å². The van der Waals surface area contributed by atoms with Crippen molar-refractivity contribution in [1.82, 2.24) is 29.8 Å². The Morgan fingerprint density at radius 3 is 2.53 bits per heavy atom. The second kappa shape index (κ2) is 14.7. The van der Waals surface area contributed by atoms with Gasteiger partial charge in [0.25, 0.3) is 15.9 Å². The number of sulfonamides is 1. The maximum atomic E-state index is 13.1. The van der Waals surface area contributed by atoms with Gasteiger partial charge in [0, 0.05) is 24.0 Å². The molecule has 1 amide bonds. The van der Waals surface area contributed by atoms with Gasteiger partial charge >= 0.3 is 6.18 Å². The van der Waals surface area contributed by atoms with Crippen LogP contribution in [0, 0.1) is 11.3 Å². The minimum Gasteiger partial charge on any atom is -0.477 e. The van der Waals surface area contributed by atoms with Crippen molar-refractivity contribution in [3.8, 4) is 11.7 Å². The molecular formula is C31H39Cl2F3N6O4S. The molecule has 1 aliphatic heterocycles. The topological polar surface area (TPSA) is 128 Å². The fraction of sp³-hybridized carbons (Fsp3) is 0.548. The molecule has 16 heteroatoms. The summed E-state index contributed by atoms with van der Waals surface area (Å²) in [5.41, 5.74) is -0.716. The summed E-state index contributed by atoms with van der Waals surface area (Å²) in [6.45, 7) is 5.39. The Hall–Kier alpha value is -2.94. The highest BCUT2D eigenvalue weighted by Crippen LogP contribution is 2.59. The van der Waals surface area contributed by atoms with Gasteiger partial charge in [0.1, 0.15) is 5.15 Å². The zero-order valence-corrected chi connectivity index (χ0v) is 28.5. The molecule has 1 saturated carbocycles. The number of unbranched alkanes of at least 4 members (excludes halogenated alkanes) is 2. The summed E-state index contributed by atoms with van der Waals surface area (Å²) in [6.07, 6.45) is 5.15. The molecule has 47 heavy (non-hydrogen) atoms. The van der Waals surface area contributed by atoms with Gasteiger partial charge in [-0.15, -0.1) is 17.5 Å². The number of aryl methyl sites for hydroxylation is 1. The van der Waals surface area contributed by atoms with Gasteiger partial charge in [0.05, 0.1) is 17.6 Å². The van der Waals surface area contributed by atoms with Crippen LogP contribution in [0.5, 0.6) is 5.88 Å². The Bertz CT molecular complexity index is 1650. The van der Waals surface area contributed by atoms with Crippen LogP contribution in [0.4, 0.5) is 13.2 Å². The van der Waals surface area contributed by atoms with Crippen LogP contribution in [-0.4, -0.2) is 58.9 Å². The first kappa shape index (κ1) is 36.9. The van der Waals surface area contributed by atoms with Gasteiger partial charge in [-0.1, -0.05) is 30.5 Å². The highest BCUT2D eigenvalue weighted by atomic mass is 35.5. The zero-order valence-electron chi connectivity index (χ0n) is 26.1. The Morgan fingerprint density at radius 2 is 1.91 bits per heavy atom. The number of hydrogen-bond acceptors (Lipinski definition) is 8. The van der Waals surface area contributed by atoms with Crippen molar-refractivity contribution in [1.29, 1.82) is 0 Å². The number of rotatable bonds is 14. The van der Waals surface area contributed by atoms with E-state index < -0.39 is 27.5 Å². The SMILES string of the molecule is CC1(C)CC(CCCCCc2ccc(S(=O)(=O)NC(=O)c3ccc(-n4ccc(OCCC5(C(F)(F)F)CC5)n4)nc3Cl)nc2)CN1.Cl. The van der Waals surface area contributed by atoms with Crippen molar-refractivity contribution in [2.24, 2.45) is 11.3 Å². The van der Waals surface area contributed by atoms with E-state index in [1.165, 1.54) is 54.2 Å². The lowest BCUT2D eigenvalue weighted by Gasteiger charge is -2.18. The molecule has 2 N–H and O–H groups in total. The smallest absolute Gasteiger partial charge is 0.394 e. The molecule has 4 heterocycles. The molecule has 3 aromatic rings. The van der Waals surface area contributed by atoms with E-state index in [1.807, 2.05) is 4.72 Å². The molecular weight excluding hydrogens is 680 g/mol. The third-order valence-corrected chi connectivity index (χ3v) is 10.2. The Balaban J connectivity index is 0.00000500. The number of pyridine rings is 2. The first-order chi connectivity index (χ1) is 21.7. The Labute approximate surface area is 283 Å². The van der Waals surface area contributed by atoms with Crippen LogP contribution >= 0.6 is 24.0 Å². The van der Waals surface area contributed by atoms with Crippen LogP contribution in [0.1, 0.15) is 81.1 Å². The van der Waals surface area contributed by atoms with Gasteiger partial charge in [-0.05, 0) is 95.0 Å². The van der Waals surface area contributed by atoms with Gasteiger partial charge in [-0.2, -0.15) is 21.6 Å². The van der Waals surface area contributed by atoms with Crippen molar-refractivity contribution in [2.75, 3.05) is 13.2 Å². The summed E-state index contributed by atoms with van der Waals surface area (Å²) in [4.78, 5) is 21.0. The zero-order chi connectivity index (χ0) is 33.2.